The molecule has 7 heteroatoms. The first-order chi connectivity index (χ1) is 15.8. The Balaban J connectivity index is 1.75. The third-order valence-corrected chi connectivity index (χ3v) is 7.86. The molecule has 0 radical (unpaired) electrons. The summed E-state index contributed by atoms with van der Waals surface area (Å²) in [6, 6.07) is 12.8. The van der Waals surface area contributed by atoms with Crippen molar-refractivity contribution in [2.75, 3.05) is 4.90 Å². The van der Waals surface area contributed by atoms with Gasteiger partial charge in [0.05, 0.1) is 15.8 Å². The van der Waals surface area contributed by atoms with Gasteiger partial charge in [-0.1, -0.05) is 41.2 Å². The molecular weight excluding hydrogens is 452 g/mol. The first-order valence-electron chi connectivity index (χ1n) is 10.6. The Hall–Kier alpha value is -3.29. The highest BCUT2D eigenvalue weighted by molar-refractivity contribution is 7.22. The van der Waals surface area contributed by atoms with Gasteiger partial charge in [-0.25, -0.2) is 4.98 Å². The van der Waals surface area contributed by atoms with Crippen LogP contribution in [0.4, 0.5) is 5.13 Å². The normalized spacial score (nSPS) is 17.9. The lowest BCUT2D eigenvalue weighted by atomic mass is 9.96. The molecule has 0 aliphatic carbocycles. The predicted molar refractivity (Wildman–Crippen MR) is 134 cm³/mol. The van der Waals surface area contributed by atoms with Crippen LogP contribution >= 0.6 is 22.7 Å². The number of hydrogen-bond acceptors (Lipinski definition) is 6. The molecule has 33 heavy (non-hydrogen) atoms. The van der Waals surface area contributed by atoms with Crippen molar-refractivity contribution >= 4 is 55.5 Å². The number of thiophene rings is 1. The summed E-state index contributed by atoms with van der Waals surface area (Å²) in [5.74, 6) is -1.52. The molecule has 0 bridgehead atoms. The molecule has 3 heterocycles. The summed E-state index contributed by atoms with van der Waals surface area (Å²) in [6.45, 7) is 7.82. The summed E-state index contributed by atoms with van der Waals surface area (Å²) in [6.07, 6.45) is 0. The summed E-state index contributed by atoms with van der Waals surface area (Å²) in [7, 11) is 0. The number of rotatable bonds is 3. The Kier molecular flexibility index (Phi) is 5.18. The fourth-order valence-corrected chi connectivity index (χ4v) is 6.34. The van der Waals surface area contributed by atoms with E-state index in [0.29, 0.717) is 10.7 Å². The molecular formula is C26H22N2O3S2. The minimum atomic E-state index is -0.730. The lowest BCUT2D eigenvalue weighted by Crippen LogP contribution is -2.28. The molecule has 1 unspecified atom stereocenters. The van der Waals surface area contributed by atoms with E-state index in [9.17, 15) is 14.7 Å². The number of aliphatic hydroxyl groups is 1. The van der Waals surface area contributed by atoms with Crippen LogP contribution < -0.4 is 4.90 Å². The Morgan fingerprint density at radius 3 is 2.52 bits per heavy atom. The summed E-state index contributed by atoms with van der Waals surface area (Å²) in [5, 5.41) is 13.7. The van der Waals surface area contributed by atoms with Crippen LogP contribution in [0.2, 0.25) is 0 Å². The molecule has 1 saturated heterocycles. The highest BCUT2D eigenvalue weighted by Gasteiger charge is 2.48. The number of aryl methyl sites for hydroxylation is 4. The number of Topliss-reactive ketones (excluding diaryl/α,β-unsaturated/α-hetero) is 1. The number of carbonyl (C=O) groups excluding carboxylic acids is 2. The van der Waals surface area contributed by atoms with Gasteiger partial charge in [-0.15, -0.1) is 11.3 Å². The summed E-state index contributed by atoms with van der Waals surface area (Å²) >= 11 is 2.83. The van der Waals surface area contributed by atoms with E-state index in [0.717, 1.165) is 37.3 Å². The van der Waals surface area contributed by atoms with Crippen molar-refractivity contribution in [3.8, 4) is 0 Å². The second kappa shape index (κ2) is 7.93. The number of ketones is 1. The average Bonchev–Trinajstić information content (AvgIpc) is 3.48. The lowest BCUT2D eigenvalue weighted by molar-refractivity contribution is -0.132. The maximum atomic E-state index is 13.3. The van der Waals surface area contributed by atoms with Gasteiger partial charge in [-0.2, -0.15) is 0 Å². The first-order valence-corrected chi connectivity index (χ1v) is 12.3. The van der Waals surface area contributed by atoms with Gasteiger partial charge in [-0.3, -0.25) is 14.5 Å². The molecule has 1 aliphatic rings. The van der Waals surface area contributed by atoms with Crippen LogP contribution in [0.1, 0.15) is 38.7 Å². The molecule has 2 aromatic heterocycles. The van der Waals surface area contributed by atoms with Crippen LogP contribution in [0.25, 0.3) is 16.0 Å². The van der Waals surface area contributed by atoms with Gasteiger partial charge in [0.25, 0.3) is 5.78 Å². The van der Waals surface area contributed by atoms with E-state index in [-0.39, 0.29) is 11.3 Å². The Morgan fingerprint density at radius 1 is 1.00 bits per heavy atom. The molecule has 0 saturated carbocycles. The number of anilines is 1. The summed E-state index contributed by atoms with van der Waals surface area (Å²) in [5.41, 5.74) is 5.41. The van der Waals surface area contributed by atoms with Crippen molar-refractivity contribution in [1.82, 2.24) is 4.98 Å². The van der Waals surface area contributed by atoms with Gasteiger partial charge in [-0.05, 0) is 68.0 Å². The molecule has 1 atom stereocenters. The fraction of sp³-hybridized carbons (Fsp3) is 0.192. The number of nitrogens with zero attached hydrogens (tertiary/aromatic N) is 2. The van der Waals surface area contributed by atoms with Crippen LogP contribution in [0.5, 0.6) is 0 Å². The van der Waals surface area contributed by atoms with Gasteiger partial charge in [0, 0.05) is 10.4 Å². The van der Waals surface area contributed by atoms with Crippen LogP contribution in [0.3, 0.4) is 0 Å². The van der Waals surface area contributed by atoms with Crippen LogP contribution in [-0.2, 0) is 9.59 Å². The zero-order valence-electron chi connectivity index (χ0n) is 18.7. The molecule has 1 fully saturated rings. The number of fused-ring (bicyclic) bond motifs is 1. The molecule has 5 nitrogen and oxygen atoms in total. The second-order valence-electron chi connectivity index (χ2n) is 8.43. The number of aliphatic hydroxyl groups excluding tert-OH is 1. The van der Waals surface area contributed by atoms with E-state index < -0.39 is 17.7 Å². The van der Waals surface area contributed by atoms with Crippen molar-refractivity contribution in [3.05, 3.63) is 86.1 Å². The van der Waals surface area contributed by atoms with Crippen molar-refractivity contribution in [3.63, 3.8) is 0 Å². The maximum absolute atomic E-state index is 13.3. The topological polar surface area (TPSA) is 70.5 Å². The van der Waals surface area contributed by atoms with Crippen molar-refractivity contribution in [2.24, 2.45) is 0 Å². The zero-order valence-corrected chi connectivity index (χ0v) is 20.3. The number of aromatic nitrogens is 1. The first kappa shape index (κ1) is 21.6. The van der Waals surface area contributed by atoms with Gasteiger partial charge in [0.2, 0.25) is 0 Å². The molecule has 5 rings (SSSR count). The minimum Gasteiger partial charge on any atom is -0.507 e. The van der Waals surface area contributed by atoms with Crippen molar-refractivity contribution < 1.29 is 14.7 Å². The van der Waals surface area contributed by atoms with Gasteiger partial charge < -0.3 is 5.11 Å². The number of benzene rings is 2. The highest BCUT2D eigenvalue weighted by atomic mass is 32.1. The molecule has 1 aliphatic heterocycles. The van der Waals surface area contributed by atoms with Crippen LogP contribution in [0.15, 0.2) is 53.4 Å². The number of thiazole rings is 1. The van der Waals surface area contributed by atoms with Gasteiger partial charge in [0.15, 0.2) is 5.13 Å². The number of hydrogen-bond donors (Lipinski definition) is 1. The number of amides is 1. The Morgan fingerprint density at radius 2 is 1.79 bits per heavy atom. The predicted octanol–water partition coefficient (Wildman–Crippen LogP) is 6.22. The molecule has 0 spiro atoms. The van der Waals surface area contributed by atoms with E-state index in [1.807, 2.05) is 69.5 Å². The van der Waals surface area contributed by atoms with E-state index in [1.165, 1.54) is 27.6 Å². The lowest BCUT2D eigenvalue weighted by Gasteiger charge is -2.21. The molecule has 1 amide bonds. The Labute approximate surface area is 199 Å². The van der Waals surface area contributed by atoms with E-state index in [2.05, 4.69) is 6.07 Å². The largest absolute Gasteiger partial charge is 0.507 e. The number of carbonyl (C=O) groups is 2. The molecule has 166 valence electrons. The molecule has 1 N–H and O–H groups in total. The summed E-state index contributed by atoms with van der Waals surface area (Å²) in [4.78, 5) is 33.7. The third kappa shape index (κ3) is 3.48. The van der Waals surface area contributed by atoms with E-state index in [1.54, 1.807) is 0 Å². The quantitative estimate of drug-likeness (QED) is 0.217. The van der Waals surface area contributed by atoms with Crippen LogP contribution in [0, 0.1) is 27.7 Å². The molecule has 2 aromatic carbocycles. The second-order valence-corrected chi connectivity index (χ2v) is 10.4. The fourth-order valence-electron chi connectivity index (χ4n) is 4.34. The minimum absolute atomic E-state index is 0.100. The standard InChI is InChI=1S/C26H22N2O3S2/c1-13-7-8-15(3)17(11-13)23(29)20-22(18-6-5-9-32-18)28(25(31)24(20)30)26-27-21-16(4)10-14(2)12-19(21)33-26/h5-12,22,29H,1-4H3. The maximum Gasteiger partial charge on any atom is 0.301 e. The van der Waals surface area contributed by atoms with Crippen molar-refractivity contribution in [1.29, 1.82) is 0 Å². The Bertz CT molecular complexity index is 1460. The van der Waals surface area contributed by atoms with Crippen molar-refractivity contribution in [2.45, 2.75) is 33.7 Å². The monoisotopic (exact) mass is 474 g/mol. The SMILES string of the molecule is Cc1ccc(C)c(C(O)=C2C(=O)C(=O)N(c3nc4c(C)cc(C)cc4s3)C2c2cccs2)c1. The average molecular weight is 475 g/mol. The van der Waals surface area contributed by atoms with E-state index in [4.69, 9.17) is 4.98 Å². The summed E-state index contributed by atoms with van der Waals surface area (Å²) < 4.78 is 0.962. The zero-order chi connectivity index (χ0) is 23.4. The smallest absolute Gasteiger partial charge is 0.301 e. The van der Waals surface area contributed by atoms with E-state index >= 15 is 0 Å². The third-order valence-electron chi connectivity index (χ3n) is 5.93. The van der Waals surface area contributed by atoms with Gasteiger partial charge >= 0.3 is 5.91 Å². The highest BCUT2D eigenvalue weighted by Crippen LogP contribution is 2.46. The molecule has 4 aromatic rings. The van der Waals surface area contributed by atoms with Gasteiger partial charge in [0.1, 0.15) is 11.8 Å². The van der Waals surface area contributed by atoms with Crippen LogP contribution in [-0.4, -0.2) is 21.8 Å².